The molecule has 2 aromatic rings. The van der Waals surface area contributed by atoms with Crippen molar-refractivity contribution < 1.29 is 18.6 Å². The molecule has 1 aliphatic rings. The van der Waals surface area contributed by atoms with E-state index in [9.17, 15) is 9.50 Å². The molecule has 0 radical (unpaired) electrons. The Morgan fingerprint density at radius 3 is 2.40 bits per heavy atom. The van der Waals surface area contributed by atoms with E-state index >= 15 is 4.39 Å². The summed E-state index contributed by atoms with van der Waals surface area (Å²) in [6.45, 7) is 3.68. The molecule has 0 bridgehead atoms. The molecular weight excluding hydrogens is 433 g/mol. The zero-order valence-corrected chi connectivity index (χ0v) is 18.6. The fraction of sp³-hybridized carbons (Fsp3) is 0.455. The molecule has 1 heterocycles. The SMILES string of the molecule is C[C@H](CO)N[C@@H](CC1CCNCC1)c1ccc(F)c(Oc2ccccc2)c1F.Cl.Cl. The molecule has 1 aliphatic heterocycles. The van der Waals surface area contributed by atoms with Gasteiger partial charge in [-0.15, -0.1) is 24.8 Å². The number of benzene rings is 2. The molecule has 3 N–H and O–H groups in total. The van der Waals surface area contributed by atoms with E-state index in [1.807, 2.05) is 13.0 Å². The predicted molar refractivity (Wildman–Crippen MR) is 120 cm³/mol. The summed E-state index contributed by atoms with van der Waals surface area (Å²) < 4.78 is 35.1. The smallest absolute Gasteiger partial charge is 0.198 e. The normalized spacial score (nSPS) is 16.1. The van der Waals surface area contributed by atoms with Crippen molar-refractivity contribution in [1.82, 2.24) is 10.6 Å². The highest BCUT2D eigenvalue weighted by molar-refractivity contribution is 5.85. The number of para-hydroxylation sites is 1. The van der Waals surface area contributed by atoms with Crippen LogP contribution >= 0.6 is 24.8 Å². The van der Waals surface area contributed by atoms with Crippen LogP contribution in [0.25, 0.3) is 0 Å². The largest absolute Gasteiger partial charge is 0.451 e. The van der Waals surface area contributed by atoms with E-state index in [1.165, 1.54) is 12.1 Å². The number of halogens is 4. The lowest BCUT2D eigenvalue weighted by atomic mass is 9.87. The maximum Gasteiger partial charge on any atom is 0.198 e. The Balaban J connectivity index is 0.00000225. The third-order valence-corrected chi connectivity index (χ3v) is 5.20. The number of piperidine rings is 1. The zero-order valence-electron chi connectivity index (χ0n) is 16.9. The van der Waals surface area contributed by atoms with Crippen LogP contribution in [-0.4, -0.2) is 30.8 Å². The van der Waals surface area contributed by atoms with Gasteiger partial charge < -0.3 is 20.5 Å². The van der Waals surface area contributed by atoms with E-state index in [-0.39, 0.29) is 43.5 Å². The van der Waals surface area contributed by atoms with Crippen LogP contribution in [0.5, 0.6) is 11.5 Å². The average molecular weight is 463 g/mol. The zero-order chi connectivity index (χ0) is 19.9. The number of nitrogens with one attached hydrogen (secondary N) is 2. The van der Waals surface area contributed by atoms with E-state index in [2.05, 4.69) is 10.6 Å². The first-order chi connectivity index (χ1) is 13.6. The number of rotatable bonds is 8. The molecule has 0 unspecified atom stereocenters. The van der Waals surface area contributed by atoms with Crippen LogP contribution in [0.2, 0.25) is 0 Å². The van der Waals surface area contributed by atoms with Gasteiger partial charge in [0.2, 0.25) is 0 Å². The Hall–Kier alpha value is -1.44. The van der Waals surface area contributed by atoms with Crippen molar-refractivity contribution in [1.29, 1.82) is 0 Å². The molecular formula is C22H30Cl2F2N2O2. The maximum absolute atomic E-state index is 15.3. The van der Waals surface area contributed by atoms with Gasteiger partial charge >= 0.3 is 0 Å². The molecule has 168 valence electrons. The van der Waals surface area contributed by atoms with Crippen LogP contribution in [0.15, 0.2) is 42.5 Å². The molecule has 0 saturated carbocycles. The van der Waals surface area contributed by atoms with Crippen molar-refractivity contribution in [3.63, 3.8) is 0 Å². The van der Waals surface area contributed by atoms with Gasteiger partial charge in [0.1, 0.15) is 5.75 Å². The third-order valence-electron chi connectivity index (χ3n) is 5.20. The van der Waals surface area contributed by atoms with Crippen LogP contribution in [0, 0.1) is 17.6 Å². The lowest BCUT2D eigenvalue weighted by Crippen LogP contribution is -2.36. The van der Waals surface area contributed by atoms with E-state index in [1.54, 1.807) is 24.3 Å². The van der Waals surface area contributed by atoms with Gasteiger partial charge in [-0.3, -0.25) is 0 Å². The van der Waals surface area contributed by atoms with Gasteiger partial charge in [0, 0.05) is 17.6 Å². The van der Waals surface area contributed by atoms with Gasteiger partial charge in [-0.2, -0.15) is 0 Å². The lowest BCUT2D eigenvalue weighted by molar-refractivity contribution is 0.224. The van der Waals surface area contributed by atoms with Crippen LogP contribution in [-0.2, 0) is 0 Å². The van der Waals surface area contributed by atoms with Crippen molar-refractivity contribution in [2.24, 2.45) is 5.92 Å². The lowest BCUT2D eigenvalue weighted by Gasteiger charge is -2.30. The van der Waals surface area contributed by atoms with Crippen molar-refractivity contribution >= 4 is 24.8 Å². The first-order valence-corrected chi connectivity index (χ1v) is 9.87. The molecule has 0 amide bonds. The Bertz CT molecular complexity index is 762. The third kappa shape index (κ3) is 7.06. The van der Waals surface area contributed by atoms with Gasteiger partial charge in [0.25, 0.3) is 0 Å². The Morgan fingerprint density at radius 2 is 1.77 bits per heavy atom. The predicted octanol–water partition coefficient (Wildman–Crippen LogP) is 5.00. The Morgan fingerprint density at radius 1 is 1.10 bits per heavy atom. The monoisotopic (exact) mass is 462 g/mol. The summed E-state index contributed by atoms with van der Waals surface area (Å²) in [6, 6.07) is 10.8. The molecule has 3 rings (SSSR count). The molecule has 0 spiro atoms. The summed E-state index contributed by atoms with van der Waals surface area (Å²) in [4.78, 5) is 0. The topological polar surface area (TPSA) is 53.5 Å². The summed E-state index contributed by atoms with van der Waals surface area (Å²) >= 11 is 0. The van der Waals surface area contributed by atoms with Gasteiger partial charge in [-0.1, -0.05) is 24.3 Å². The van der Waals surface area contributed by atoms with E-state index in [4.69, 9.17) is 4.74 Å². The number of hydrogen-bond acceptors (Lipinski definition) is 4. The second kappa shape index (κ2) is 13.1. The number of aliphatic hydroxyl groups is 1. The van der Waals surface area contributed by atoms with Gasteiger partial charge in [-0.25, -0.2) is 8.78 Å². The van der Waals surface area contributed by atoms with Gasteiger partial charge in [0.15, 0.2) is 17.4 Å². The van der Waals surface area contributed by atoms with Gasteiger partial charge in [0.05, 0.1) is 6.61 Å². The summed E-state index contributed by atoms with van der Waals surface area (Å²) in [5.74, 6) is -1.00. The first-order valence-electron chi connectivity index (χ1n) is 9.87. The number of hydrogen-bond donors (Lipinski definition) is 3. The van der Waals surface area contributed by atoms with Gasteiger partial charge in [-0.05, 0) is 63.4 Å². The highest BCUT2D eigenvalue weighted by atomic mass is 35.5. The molecule has 8 heteroatoms. The summed E-state index contributed by atoms with van der Waals surface area (Å²) in [7, 11) is 0. The van der Waals surface area contributed by atoms with Crippen LogP contribution in [0.4, 0.5) is 8.78 Å². The highest BCUT2D eigenvalue weighted by Crippen LogP contribution is 2.35. The van der Waals surface area contributed by atoms with E-state index < -0.39 is 17.4 Å². The number of ether oxygens (including phenoxy) is 1. The molecule has 4 nitrogen and oxygen atoms in total. The van der Waals surface area contributed by atoms with Crippen molar-refractivity contribution in [2.75, 3.05) is 19.7 Å². The molecule has 30 heavy (non-hydrogen) atoms. The Kier molecular flexibility index (Phi) is 11.6. The van der Waals surface area contributed by atoms with Crippen molar-refractivity contribution in [3.05, 3.63) is 59.7 Å². The van der Waals surface area contributed by atoms with E-state index in [0.717, 1.165) is 32.4 Å². The minimum atomic E-state index is -0.735. The average Bonchev–Trinajstić information content (AvgIpc) is 2.72. The van der Waals surface area contributed by atoms with Crippen LogP contribution in [0.3, 0.4) is 0 Å². The fourth-order valence-electron chi connectivity index (χ4n) is 3.65. The molecule has 2 atom stereocenters. The standard InChI is InChI=1S/C22H28F2N2O2.2ClH/c1-15(14-27)26-20(13-16-9-11-25-12-10-16)18-7-8-19(23)22(21(18)24)28-17-5-3-2-4-6-17;;/h2-8,15-16,20,25-27H,9-14H2,1H3;2*1H/t15-,20+;;/m1../s1. The highest BCUT2D eigenvalue weighted by Gasteiger charge is 2.26. The van der Waals surface area contributed by atoms with Crippen LogP contribution in [0.1, 0.15) is 37.8 Å². The Labute approximate surface area is 189 Å². The molecule has 2 aromatic carbocycles. The summed E-state index contributed by atoms with van der Waals surface area (Å²) in [6.07, 6.45) is 2.75. The second-order valence-electron chi connectivity index (χ2n) is 7.43. The number of aliphatic hydroxyl groups excluding tert-OH is 1. The molecule has 1 fully saturated rings. The second-order valence-corrected chi connectivity index (χ2v) is 7.43. The maximum atomic E-state index is 15.3. The minimum absolute atomic E-state index is 0. The molecule has 1 saturated heterocycles. The first kappa shape index (κ1) is 26.6. The fourth-order valence-corrected chi connectivity index (χ4v) is 3.65. The quantitative estimate of drug-likeness (QED) is 0.516. The summed E-state index contributed by atoms with van der Waals surface area (Å²) in [5.41, 5.74) is 0.367. The van der Waals surface area contributed by atoms with E-state index in [0.29, 0.717) is 17.2 Å². The minimum Gasteiger partial charge on any atom is -0.451 e. The van der Waals surface area contributed by atoms with Crippen molar-refractivity contribution in [3.8, 4) is 11.5 Å². The molecule has 0 aliphatic carbocycles. The molecule has 0 aromatic heterocycles. The van der Waals surface area contributed by atoms with Crippen molar-refractivity contribution in [2.45, 2.75) is 38.3 Å². The summed E-state index contributed by atoms with van der Waals surface area (Å²) in [5, 5.41) is 16.1. The van der Waals surface area contributed by atoms with Crippen LogP contribution < -0.4 is 15.4 Å².